The van der Waals surface area contributed by atoms with Crippen molar-refractivity contribution in [3.63, 3.8) is 0 Å². The molecule has 0 nitrogen and oxygen atoms in total. The summed E-state index contributed by atoms with van der Waals surface area (Å²) >= 11 is 0. The second-order valence-corrected chi connectivity index (χ2v) is 3.72. The van der Waals surface area contributed by atoms with Crippen molar-refractivity contribution in [2.24, 2.45) is 0 Å². The van der Waals surface area contributed by atoms with Crippen molar-refractivity contribution in [1.29, 1.82) is 0 Å². The van der Waals surface area contributed by atoms with Gasteiger partial charge < -0.3 is 0 Å². The summed E-state index contributed by atoms with van der Waals surface area (Å²) in [7, 11) is 0. The summed E-state index contributed by atoms with van der Waals surface area (Å²) in [6.45, 7) is 13.8. The van der Waals surface area contributed by atoms with E-state index in [1.807, 2.05) is 61.5 Å². The lowest BCUT2D eigenvalue weighted by Crippen LogP contribution is -2.02. The molecule has 0 N–H and O–H groups in total. The van der Waals surface area contributed by atoms with Gasteiger partial charge in [0.05, 0.1) is 0 Å². The molecule has 0 aliphatic rings. The molecule has 0 amide bonds. The Hall–Kier alpha value is -2.08. The predicted octanol–water partition coefficient (Wildman–Crippen LogP) is 3.31. The minimum absolute atomic E-state index is 0.954. The molecule has 1 aromatic carbocycles. The van der Waals surface area contributed by atoms with E-state index < -0.39 is 0 Å². The van der Waals surface area contributed by atoms with Gasteiger partial charge in [-0.15, -0.1) is 0 Å². The molecular formula is C17H18. The quantitative estimate of drug-likeness (QED) is 0.720. The lowest BCUT2D eigenvalue weighted by Gasteiger charge is -1.97. The third-order valence-corrected chi connectivity index (χ3v) is 2.40. The first-order chi connectivity index (χ1) is 8.19. The van der Waals surface area contributed by atoms with Gasteiger partial charge in [0.1, 0.15) is 0 Å². The zero-order valence-corrected chi connectivity index (χ0v) is 10.3. The average molecular weight is 222 g/mol. The van der Waals surface area contributed by atoms with Gasteiger partial charge in [-0.05, 0) is 28.5 Å². The summed E-state index contributed by atoms with van der Waals surface area (Å²) in [6.07, 6.45) is 5.89. The molecule has 0 radical (unpaired) electrons. The summed E-state index contributed by atoms with van der Waals surface area (Å²) in [5.41, 5.74) is 2.13. The molecule has 17 heavy (non-hydrogen) atoms. The summed E-state index contributed by atoms with van der Waals surface area (Å²) < 4.78 is 0. The van der Waals surface area contributed by atoms with Crippen LogP contribution in [-0.2, 0) is 0 Å². The lowest BCUT2D eigenvalue weighted by atomic mass is 10.1. The molecule has 0 atom stereocenters. The Balaban J connectivity index is 3.77. The van der Waals surface area contributed by atoms with E-state index in [1.165, 1.54) is 0 Å². The van der Waals surface area contributed by atoms with Gasteiger partial charge in [0, 0.05) is 0 Å². The van der Waals surface area contributed by atoms with E-state index in [0.29, 0.717) is 0 Å². The summed E-state index contributed by atoms with van der Waals surface area (Å²) in [5, 5.41) is 1.92. The molecule has 0 fully saturated rings. The van der Waals surface area contributed by atoms with Crippen molar-refractivity contribution in [3.8, 4) is 0 Å². The van der Waals surface area contributed by atoms with Crippen LogP contribution in [0, 0.1) is 0 Å². The molecule has 0 aliphatic carbocycles. The fourth-order valence-corrected chi connectivity index (χ4v) is 1.54. The highest BCUT2D eigenvalue weighted by molar-refractivity contribution is 5.63. The highest BCUT2D eigenvalue weighted by atomic mass is 14.0. The molecule has 0 heterocycles. The fraction of sp³-hybridized carbons (Fsp3) is 0.0588. The van der Waals surface area contributed by atoms with Crippen LogP contribution < -0.4 is 10.4 Å². The second kappa shape index (κ2) is 6.49. The normalized spacial score (nSPS) is 9.94. The molecule has 86 valence electrons. The molecule has 1 aromatic rings. The van der Waals surface area contributed by atoms with Crippen LogP contribution in [-0.4, -0.2) is 0 Å². The van der Waals surface area contributed by atoms with Crippen molar-refractivity contribution in [2.75, 3.05) is 0 Å². The van der Waals surface area contributed by atoms with Crippen LogP contribution in [0.25, 0.3) is 25.3 Å². The minimum atomic E-state index is 0.954. The Morgan fingerprint density at radius 3 is 2.35 bits per heavy atom. The van der Waals surface area contributed by atoms with E-state index >= 15 is 0 Å². The van der Waals surface area contributed by atoms with E-state index in [9.17, 15) is 0 Å². The van der Waals surface area contributed by atoms with Crippen LogP contribution in [0.3, 0.4) is 0 Å². The first-order valence-electron chi connectivity index (χ1n) is 5.59. The van der Waals surface area contributed by atoms with Crippen molar-refractivity contribution >= 4 is 25.3 Å². The Morgan fingerprint density at radius 1 is 1.00 bits per heavy atom. The van der Waals surface area contributed by atoms with Crippen molar-refractivity contribution in [2.45, 2.75) is 6.92 Å². The first-order valence-corrected chi connectivity index (χ1v) is 5.59. The van der Waals surface area contributed by atoms with E-state index in [2.05, 4.69) is 19.7 Å². The monoisotopic (exact) mass is 222 g/mol. The van der Waals surface area contributed by atoms with Gasteiger partial charge in [-0.25, -0.2) is 0 Å². The maximum Gasteiger partial charge on any atom is -0.0123 e. The average Bonchev–Trinajstić information content (AvgIpc) is 2.32. The van der Waals surface area contributed by atoms with Crippen LogP contribution in [0.4, 0.5) is 0 Å². The van der Waals surface area contributed by atoms with Crippen LogP contribution in [0.2, 0.25) is 0 Å². The SMILES string of the molecule is C=Cc1c(/C=C\C)ccc(=C)ccccc1=C. The first kappa shape index (κ1) is 13.0. The molecule has 0 bridgehead atoms. The van der Waals surface area contributed by atoms with Crippen LogP contribution in [0.15, 0.2) is 49.1 Å². The molecule has 0 aliphatic heterocycles. The van der Waals surface area contributed by atoms with Crippen LogP contribution >= 0.6 is 0 Å². The number of hydrogen-bond acceptors (Lipinski definition) is 0. The van der Waals surface area contributed by atoms with Gasteiger partial charge in [-0.3, -0.25) is 0 Å². The van der Waals surface area contributed by atoms with Crippen LogP contribution in [0.5, 0.6) is 0 Å². The van der Waals surface area contributed by atoms with E-state index in [-0.39, 0.29) is 0 Å². The zero-order chi connectivity index (χ0) is 12.7. The highest BCUT2D eigenvalue weighted by Crippen LogP contribution is 2.04. The number of rotatable bonds is 2. The molecule has 0 saturated heterocycles. The molecule has 0 heteroatoms. The van der Waals surface area contributed by atoms with Gasteiger partial charge in [0.15, 0.2) is 0 Å². The third-order valence-electron chi connectivity index (χ3n) is 2.40. The van der Waals surface area contributed by atoms with Gasteiger partial charge in [0.2, 0.25) is 0 Å². The maximum atomic E-state index is 4.05. The number of hydrogen-bond donors (Lipinski definition) is 0. The standard InChI is InChI=1S/C17H18/c1-5-9-16-13-12-14(3)10-7-8-11-15(4)17(16)6-2/h5-13H,2-4H2,1H3/b9-5-,10-7?,11-8?,13-12?,17-16?. The summed E-state index contributed by atoms with van der Waals surface area (Å²) in [4.78, 5) is 0. The second-order valence-electron chi connectivity index (χ2n) is 3.72. The predicted molar refractivity (Wildman–Crippen MR) is 79.2 cm³/mol. The molecule has 0 unspecified atom stereocenters. The van der Waals surface area contributed by atoms with E-state index in [1.54, 1.807) is 0 Å². The zero-order valence-electron chi connectivity index (χ0n) is 10.3. The lowest BCUT2D eigenvalue weighted by molar-refractivity contribution is 1.55. The Labute approximate surface area is 103 Å². The van der Waals surface area contributed by atoms with Crippen LogP contribution in [0.1, 0.15) is 18.1 Å². The summed E-state index contributed by atoms with van der Waals surface area (Å²) in [5.74, 6) is 0. The molecule has 0 saturated carbocycles. The van der Waals surface area contributed by atoms with Crippen molar-refractivity contribution < 1.29 is 0 Å². The third kappa shape index (κ3) is 3.76. The van der Waals surface area contributed by atoms with Gasteiger partial charge >= 0.3 is 0 Å². The minimum Gasteiger partial charge on any atom is -0.0984 e. The topological polar surface area (TPSA) is 0 Å². The van der Waals surface area contributed by atoms with Gasteiger partial charge in [-0.2, -0.15) is 0 Å². The molecular weight excluding hydrogens is 204 g/mol. The Morgan fingerprint density at radius 2 is 1.71 bits per heavy atom. The van der Waals surface area contributed by atoms with Gasteiger partial charge in [0.25, 0.3) is 0 Å². The highest BCUT2D eigenvalue weighted by Gasteiger charge is 1.91. The van der Waals surface area contributed by atoms with E-state index in [4.69, 9.17) is 0 Å². The fourth-order valence-electron chi connectivity index (χ4n) is 1.54. The Bertz CT molecular complexity index is 576. The smallest absolute Gasteiger partial charge is 0.0123 e. The largest absolute Gasteiger partial charge is 0.0984 e. The summed E-state index contributed by atoms with van der Waals surface area (Å²) in [6, 6.07) is 11.9. The molecule has 0 aromatic heterocycles. The number of allylic oxidation sites excluding steroid dienone is 1. The molecule has 0 spiro atoms. The molecule has 1 rings (SSSR count). The van der Waals surface area contributed by atoms with Crippen molar-refractivity contribution in [3.05, 3.63) is 70.6 Å². The van der Waals surface area contributed by atoms with Gasteiger partial charge in [-0.1, -0.05) is 74.4 Å². The van der Waals surface area contributed by atoms with E-state index in [0.717, 1.165) is 21.6 Å². The maximum absolute atomic E-state index is 4.05. The van der Waals surface area contributed by atoms with Crippen molar-refractivity contribution in [1.82, 2.24) is 0 Å². The Kier molecular flexibility index (Phi) is 4.96.